The quantitative estimate of drug-likeness (QED) is 0.700. The van der Waals surface area contributed by atoms with Gasteiger partial charge in [-0.2, -0.15) is 0 Å². The van der Waals surface area contributed by atoms with Gasteiger partial charge in [0, 0.05) is 23.6 Å². The molecule has 0 spiro atoms. The van der Waals surface area contributed by atoms with Crippen molar-refractivity contribution in [1.29, 1.82) is 0 Å². The minimum absolute atomic E-state index is 0.0386. The molecule has 0 radical (unpaired) electrons. The van der Waals surface area contributed by atoms with Gasteiger partial charge in [-0.05, 0) is 32.9 Å². The van der Waals surface area contributed by atoms with E-state index in [1.807, 2.05) is 32.0 Å². The molecule has 1 atom stereocenters. The van der Waals surface area contributed by atoms with Crippen LogP contribution in [0.1, 0.15) is 26.3 Å². The molecule has 0 bridgehead atoms. The second-order valence-corrected chi connectivity index (χ2v) is 4.98. The zero-order valence-electron chi connectivity index (χ0n) is 13.3. The van der Waals surface area contributed by atoms with Gasteiger partial charge in [0.05, 0.1) is 25.4 Å². The highest BCUT2D eigenvalue weighted by molar-refractivity contribution is 5.86. The molecule has 2 aromatic rings. The zero-order chi connectivity index (χ0) is 15.9. The van der Waals surface area contributed by atoms with Gasteiger partial charge < -0.3 is 18.6 Å². The third-order valence-electron chi connectivity index (χ3n) is 3.20. The molecule has 0 saturated carbocycles. The van der Waals surface area contributed by atoms with E-state index in [4.69, 9.17) is 18.6 Å². The maximum atomic E-state index is 11.6. The Balaban J connectivity index is 2.04. The van der Waals surface area contributed by atoms with E-state index in [1.54, 1.807) is 13.2 Å². The Kier molecular flexibility index (Phi) is 5.83. The van der Waals surface area contributed by atoms with Crippen LogP contribution in [0, 0.1) is 0 Å². The van der Waals surface area contributed by atoms with Crippen molar-refractivity contribution in [3.8, 4) is 5.75 Å². The summed E-state index contributed by atoms with van der Waals surface area (Å²) < 4.78 is 21.6. The van der Waals surface area contributed by atoms with Crippen molar-refractivity contribution in [1.82, 2.24) is 0 Å². The smallest absolute Gasteiger partial charge is 0.310 e. The number of furan rings is 1. The fourth-order valence-electron chi connectivity index (χ4n) is 2.20. The summed E-state index contributed by atoms with van der Waals surface area (Å²) >= 11 is 0. The van der Waals surface area contributed by atoms with Crippen LogP contribution >= 0.6 is 0 Å². The van der Waals surface area contributed by atoms with Crippen LogP contribution in [-0.2, 0) is 20.7 Å². The first-order valence-corrected chi connectivity index (χ1v) is 7.54. The van der Waals surface area contributed by atoms with E-state index in [-0.39, 0.29) is 18.5 Å². The molecule has 0 aliphatic carbocycles. The topological polar surface area (TPSA) is 57.9 Å². The van der Waals surface area contributed by atoms with Gasteiger partial charge >= 0.3 is 5.97 Å². The Hall–Kier alpha value is -2.01. The standard InChI is InChI=1S/C17H22O5/c1-4-19-12(3)10-21-14-6-7-15-13(8-17(18)20-5-2)11-22-16(15)9-14/h6-7,9,11-12H,4-5,8,10H2,1-3H3. The Bertz CT molecular complexity index is 617. The molecule has 0 aliphatic heterocycles. The Morgan fingerprint density at radius 3 is 2.82 bits per heavy atom. The van der Waals surface area contributed by atoms with Gasteiger partial charge in [0.2, 0.25) is 0 Å². The fraction of sp³-hybridized carbons (Fsp3) is 0.471. The average Bonchev–Trinajstić information content (AvgIpc) is 2.88. The number of benzene rings is 1. The van der Waals surface area contributed by atoms with Gasteiger partial charge in [-0.1, -0.05) is 0 Å². The van der Waals surface area contributed by atoms with Crippen molar-refractivity contribution in [2.45, 2.75) is 33.3 Å². The summed E-state index contributed by atoms with van der Waals surface area (Å²) in [5.74, 6) is 0.465. The Labute approximate surface area is 130 Å². The summed E-state index contributed by atoms with van der Waals surface area (Å²) in [4.78, 5) is 11.6. The van der Waals surface area contributed by atoms with Crippen molar-refractivity contribution in [3.63, 3.8) is 0 Å². The molecule has 1 heterocycles. The molecule has 2 rings (SSSR count). The van der Waals surface area contributed by atoms with Crippen LogP contribution in [0.5, 0.6) is 5.75 Å². The normalized spacial score (nSPS) is 12.3. The van der Waals surface area contributed by atoms with Gasteiger partial charge in [0.15, 0.2) is 0 Å². The molecule has 1 aromatic carbocycles. The molecule has 1 aromatic heterocycles. The molecule has 0 amide bonds. The SMILES string of the molecule is CCOC(=O)Cc1coc2cc(OCC(C)OCC)ccc12. The fourth-order valence-corrected chi connectivity index (χ4v) is 2.20. The van der Waals surface area contributed by atoms with Crippen molar-refractivity contribution in [3.05, 3.63) is 30.0 Å². The highest BCUT2D eigenvalue weighted by Gasteiger charge is 2.12. The highest BCUT2D eigenvalue weighted by Crippen LogP contribution is 2.26. The molecule has 0 aliphatic rings. The van der Waals surface area contributed by atoms with Crippen LogP contribution in [0.15, 0.2) is 28.9 Å². The molecule has 0 fully saturated rings. The summed E-state index contributed by atoms with van der Waals surface area (Å²) in [6.07, 6.45) is 1.84. The van der Waals surface area contributed by atoms with Gasteiger partial charge in [0.1, 0.15) is 17.9 Å². The second kappa shape index (κ2) is 7.84. The first kappa shape index (κ1) is 16.4. The van der Waals surface area contributed by atoms with Crippen molar-refractivity contribution < 1.29 is 23.4 Å². The molecule has 0 saturated heterocycles. The highest BCUT2D eigenvalue weighted by atomic mass is 16.5. The van der Waals surface area contributed by atoms with Crippen LogP contribution in [0.2, 0.25) is 0 Å². The van der Waals surface area contributed by atoms with Crippen LogP contribution in [0.4, 0.5) is 0 Å². The van der Waals surface area contributed by atoms with Crippen molar-refractivity contribution >= 4 is 16.9 Å². The van der Waals surface area contributed by atoms with Gasteiger partial charge in [-0.25, -0.2) is 0 Å². The average molecular weight is 306 g/mol. The lowest BCUT2D eigenvalue weighted by molar-refractivity contribution is -0.142. The minimum atomic E-state index is -0.254. The maximum Gasteiger partial charge on any atom is 0.310 e. The monoisotopic (exact) mass is 306 g/mol. The molecule has 0 N–H and O–H groups in total. The van der Waals surface area contributed by atoms with E-state index in [2.05, 4.69) is 0 Å². The molecule has 5 nitrogen and oxygen atoms in total. The zero-order valence-corrected chi connectivity index (χ0v) is 13.3. The third-order valence-corrected chi connectivity index (χ3v) is 3.20. The number of carbonyl (C=O) groups is 1. The Morgan fingerprint density at radius 1 is 1.27 bits per heavy atom. The van der Waals surface area contributed by atoms with Crippen LogP contribution < -0.4 is 4.74 Å². The van der Waals surface area contributed by atoms with Crippen molar-refractivity contribution in [2.24, 2.45) is 0 Å². The second-order valence-electron chi connectivity index (χ2n) is 4.98. The molecule has 120 valence electrons. The van der Waals surface area contributed by atoms with E-state index in [9.17, 15) is 4.79 Å². The molecule has 22 heavy (non-hydrogen) atoms. The predicted molar refractivity (Wildman–Crippen MR) is 83.1 cm³/mol. The number of esters is 1. The number of ether oxygens (including phenoxy) is 3. The molecular weight excluding hydrogens is 284 g/mol. The van der Waals surface area contributed by atoms with Crippen LogP contribution in [0.3, 0.4) is 0 Å². The lowest BCUT2D eigenvalue weighted by atomic mass is 10.1. The minimum Gasteiger partial charge on any atom is -0.491 e. The number of rotatable bonds is 8. The van der Waals surface area contributed by atoms with E-state index < -0.39 is 0 Å². The van der Waals surface area contributed by atoms with Crippen LogP contribution in [0.25, 0.3) is 11.0 Å². The first-order chi connectivity index (χ1) is 10.6. The van der Waals surface area contributed by atoms with E-state index in [0.717, 1.165) is 16.7 Å². The first-order valence-electron chi connectivity index (χ1n) is 7.54. The number of hydrogen-bond donors (Lipinski definition) is 0. The summed E-state index contributed by atoms with van der Waals surface area (Å²) in [7, 11) is 0. The summed E-state index contributed by atoms with van der Waals surface area (Å²) in [5, 5.41) is 0.901. The summed E-state index contributed by atoms with van der Waals surface area (Å²) in [5.41, 5.74) is 1.52. The number of hydrogen-bond acceptors (Lipinski definition) is 5. The van der Waals surface area contributed by atoms with Gasteiger partial charge in [0.25, 0.3) is 0 Å². The third kappa shape index (κ3) is 4.24. The maximum absolute atomic E-state index is 11.6. The molecule has 5 heteroatoms. The summed E-state index contributed by atoms with van der Waals surface area (Å²) in [6, 6.07) is 5.59. The van der Waals surface area contributed by atoms with E-state index >= 15 is 0 Å². The molecule has 1 unspecified atom stereocenters. The summed E-state index contributed by atoms with van der Waals surface area (Å²) in [6.45, 7) is 7.24. The predicted octanol–water partition coefficient (Wildman–Crippen LogP) is 3.34. The van der Waals surface area contributed by atoms with E-state index in [1.165, 1.54) is 0 Å². The molecular formula is C17H22O5. The van der Waals surface area contributed by atoms with Gasteiger partial charge in [-0.3, -0.25) is 4.79 Å². The lowest BCUT2D eigenvalue weighted by Crippen LogP contribution is -2.17. The number of fused-ring (bicyclic) bond motifs is 1. The Morgan fingerprint density at radius 2 is 2.09 bits per heavy atom. The largest absolute Gasteiger partial charge is 0.491 e. The van der Waals surface area contributed by atoms with Gasteiger partial charge in [-0.15, -0.1) is 0 Å². The van der Waals surface area contributed by atoms with Crippen molar-refractivity contribution in [2.75, 3.05) is 19.8 Å². The number of carbonyl (C=O) groups excluding carboxylic acids is 1. The van der Waals surface area contributed by atoms with E-state index in [0.29, 0.717) is 25.4 Å². The lowest BCUT2D eigenvalue weighted by Gasteiger charge is -2.12. The van der Waals surface area contributed by atoms with Crippen LogP contribution in [-0.4, -0.2) is 31.9 Å².